The van der Waals surface area contributed by atoms with Gasteiger partial charge in [0.2, 0.25) is 11.8 Å². The molecular weight excluding hydrogens is 548 g/mol. The number of anilines is 1. The number of rotatable bonds is 6. The van der Waals surface area contributed by atoms with Crippen molar-refractivity contribution in [2.45, 2.75) is 44.3 Å². The lowest BCUT2D eigenvalue weighted by Crippen LogP contribution is -2.43. The fourth-order valence-electron chi connectivity index (χ4n) is 5.35. The smallest absolute Gasteiger partial charge is 0.242 e. The van der Waals surface area contributed by atoms with Crippen LogP contribution in [0.2, 0.25) is 5.02 Å². The van der Waals surface area contributed by atoms with Gasteiger partial charge in [0, 0.05) is 24.1 Å². The van der Waals surface area contributed by atoms with E-state index >= 15 is 0 Å². The number of methoxy groups -OCH3 is 2. The first-order chi connectivity index (χ1) is 19.1. The van der Waals surface area contributed by atoms with Crippen LogP contribution in [0.15, 0.2) is 42.5 Å². The van der Waals surface area contributed by atoms with Crippen molar-refractivity contribution in [1.82, 2.24) is 14.7 Å². The topological polar surface area (TPSA) is 76.9 Å². The number of thioether (sulfide) groups is 1. The van der Waals surface area contributed by atoms with Gasteiger partial charge in [-0.05, 0) is 42.7 Å². The van der Waals surface area contributed by atoms with Crippen LogP contribution in [0.5, 0.6) is 11.5 Å². The maximum atomic E-state index is 13.9. The van der Waals surface area contributed by atoms with Gasteiger partial charge in [-0.25, -0.2) is 4.68 Å². The maximum Gasteiger partial charge on any atom is 0.242 e. The van der Waals surface area contributed by atoms with Crippen LogP contribution in [-0.2, 0) is 15.0 Å². The van der Waals surface area contributed by atoms with E-state index in [1.165, 1.54) is 11.8 Å². The number of ether oxygens (including phenoxy) is 2. The average molecular weight is 583 g/mol. The molecule has 0 unspecified atom stereocenters. The summed E-state index contributed by atoms with van der Waals surface area (Å²) in [5, 5.41) is 5.37. The maximum absolute atomic E-state index is 13.9. The molecule has 2 aromatic carbocycles. The molecule has 212 valence electrons. The molecule has 0 radical (unpaired) electrons. The minimum Gasteiger partial charge on any atom is -0.493 e. The lowest BCUT2D eigenvalue weighted by molar-refractivity contribution is -0.130. The summed E-state index contributed by atoms with van der Waals surface area (Å²) < 4.78 is 12.9. The van der Waals surface area contributed by atoms with Crippen LogP contribution in [0, 0.1) is 0 Å². The summed E-state index contributed by atoms with van der Waals surface area (Å²) >= 11 is 8.24. The molecule has 8 nitrogen and oxygen atoms in total. The Balaban J connectivity index is 1.76. The number of likely N-dealkylation sites (tertiary alicyclic amines) is 1. The Hall–Kier alpha value is -3.17. The number of fused-ring (bicyclic) bond motifs is 1. The van der Waals surface area contributed by atoms with E-state index in [0.717, 1.165) is 29.7 Å². The van der Waals surface area contributed by atoms with E-state index in [2.05, 4.69) is 20.8 Å². The molecule has 0 bridgehead atoms. The summed E-state index contributed by atoms with van der Waals surface area (Å²) in [7, 11) is 3.22. The first-order valence-corrected chi connectivity index (χ1v) is 14.9. The van der Waals surface area contributed by atoms with Gasteiger partial charge in [0.1, 0.15) is 12.4 Å². The zero-order valence-corrected chi connectivity index (χ0v) is 25.1. The van der Waals surface area contributed by atoms with E-state index in [0.29, 0.717) is 41.1 Å². The zero-order valence-electron chi connectivity index (χ0n) is 23.6. The number of amides is 2. The van der Waals surface area contributed by atoms with Gasteiger partial charge >= 0.3 is 0 Å². The largest absolute Gasteiger partial charge is 0.493 e. The van der Waals surface area contributed by atoms with E-state index in [1.807, 2.05) is 41.3 Å². The van der Waals surface area contributed by atoms with Crippen molar-refractivity contribution in [3.05, 3.63) is 64.3 Å². The molecule has 0 N–H and O–H groups in total. The fourth-order valence-corrected chi connectivity index (χ4v) is 6.75. The van der Waals surface area contributed by atoms with Crippen molar-refractivity contribution in [3.63, 3.8) is 0 Å². The van der Waals surface area contributed by atoms with Crippen LogP contribution in [0.25, 0.3) is 5.69 Å². The molecule has 0 aliphatic carbocycles. The normalized spacial score (nSPS) is 17.6. The molecule has 2 aliphatic rings. The molecule has 10 heteroatoms. The van der Waals surface area contributed by atoms with Gasteiger partial charge < -0.3 is 14.4 Å². The molecule has 3 aromatic rings. The Bertz CT molecular complexity index is 1430. The van der Waals surface area contributed by atoms with Gasteiger partial charge in [0.25, 0.3) is 0 Å². The van der Waals surface area contributed by atoms with Crippen molar-refractivity contribution in [1.29, 1.82) is 0 Å². The predicted molar refractivity (Wildman–Crippen MR) is 159 cm³/mol. The third kappa shape index (κ3) is 5.29. The van der Waals surface area contributed by atoms with Crippen LogP contribution in [0.3, 0.4) is 0 Å². The van der Waals surface area contributed by atoms with E-state index in [4.69, 9.17) is 26.2 Å². The number of carbonyl (C=O) groups is 2. The van der Waals surface area contributed by atoms with Crippen molar-refractivity contribution in [2.75, 3.05) is 44.5 Å². The summed E-state index contributed by atoms with van der Waals surface area (Å²) in [6.07, 6.45) is 1.96. The highest BCUT2D eigenvalue weighted by Gasteiger charge is 2.41. The number of hydrogen-bond acceptors (Lipinski definition) is 6. The Morgan fingerprint density at radius 2 is 1.77 bits per heavy atom. The molecule has 1 atom stereocenters. The first kappa shape index (κ1) is 28.4. The Morgan fingerprint density at radius 3 is 2.42 bits per heavy atom. The van der Waals surface area contributed by atoms with E-state index in [-0.39, 0.29) is 34.8 Å². The number of hydrogen-bond donors (Lipinski definition) is 0. The zero-order chi connectivity index (χ0) is 28.6. The highest BCUT2D eigenvalue weighted by molar-refractivity contribution is 8.00. The van der Waals surface area contributed by atoms with Gasteiger partial charge in [-0.3, -0.25) is 14.5 Å². The van der Waals surface area contributed by atoms with Crippen LogP contribution in [-0.4, -0.2) is 66.1 Å². The van der Waals surface area contributed by atoms with Gasteiger partial charge in [0.15, 0.2) is 11.5 Å². The van der Waals surface area contributed by atoms with Crippen molar-refractivity contribution in [2.24, 2.45) is 0 Å². The molecule has 1 fully saturated rings. The molecule has 3 heterocycles. The summed E-state index contributed by atoms with van der Waals surface area (Å²) in [6, 6.07) is 13.3. The van der Waals surface area contributed by atoms with Crippen molar-refractivity contribution < 1.29 is 19.1 Å². The lowest BCUT2D eigenvalue weighted by Gasteiger charge is -2.26. The molecule has 2 amide bonds. The van der Waals surface area contributed by atoms with Crippen LogP contribution in [0.1, 0.15) is 55.7 Å². The lowest BCUT2D eigenvalue weighted by atomic mass is 9.87. The van der Waals surface area contributed by atoms with Crippen LogP contribution < -0.4 is 14.4 Å². The second-order valence-electron chi connectivity index (χ2n) is 11.1. The second kappa shape index (κ2) is 11.4. The Morgan fingerprint density at radius 1 is 1.07 bits per heavy atom. The van der Waals surface area contributed by atoms with Crippen LogP contribution >= 0.6 is 23.4 Å². The van der Waals surface area contributed by atoms with Crippen LogP contribution in [0.4, 0.5) is 5.82 Å². The molecule has 2 aliphatic heterocycles. The molecule has 0 saturated carbocycles. The SMILES string of the molecule is COc1ccc([C@@H]2SCC(=O)N(CC(=O)N3CCCC3)c3c2c(C(C)(C)C)nn3-c2ccccc2Cl)cc1OC. The molecule has 5 rings (SSSR count). The quantitative estimate of drug-likeness (QED) is 0.375. The number of aromatic nitrogens is 2. The Labute approximate surface area is 244 Å². The second-order valence-corrected chi connectivity index (χ2v) is 12.6. The predicted octanol–water partition coefficient (Wildman–Crippen LogP) is 5.63. The fraction of sp³-hybridized carbons (Fsp3) is 0.433. The molecule has 40 heavy (non-hydrogen) atoms. The van der Waals surface area contributed by atoms with Crippen molar-refractivity contribution >= 4 is 41.0 Å². The van der Waals surface area contributed by atoms with Gasteiger partial charge in [-0.15, -0.1) is 11.8 Å². The molecule has 1 aromatic heterocycles. The summed E-state index contributed by atoms with van der Waals surface area (Å²) in [5.74, 6) is 1.82. The van der Waals surface area contributed by atoms with Gasteiger partial charge in [0.05, 0.1) is 41.6 Å². The van der Waals surface area contributed by atoms with Gasteiger partial charge in [-0.2, -0.15) is 5.10 Å². The number of para-hydroxylation sites is 1. The third-order valence-corrected chi connectivity index (χ3v) is 8.92. The summed E-state index contributed by atoms with van der Waals surface area (Å²) in [5.41, 5.74) is 2.96. The number of benzene rings is 2. The Kier molecular flexibility index (Phi) is 8.06. The van der Waals surface area contributed by atoms with E-state index in [1.54, 1.807) is 29.9 Å². The standard InChI is InChI=1S/C30H35ClN4O4S/c1-30(2,3)28-26-27(19-12-13-22(38-4)23(16-19)39-5)40-18-25(37)34(17-24(36)33-14-8-9-15-33)29(26)35(32-28)21-11-7-6-10-20(21)31/h6-7,10-13,16,27H,8-9,14-15,17-18H2,1-5H3/t27-/m0/s1. The third-order valence-electron chi connectivity index (χ3n) is 7.34. The van der Waals surface area contributed by atoms with Crippen molar-refractivity contribution in [3.8, 4) is 17.2 Å². The minimum absolute atomic E-state index is 0.0508. The minimum atomic E-state index is -0.371. The highest BCUT2D eigenvalue weighted by Crippen LogP contribution is 2.49. The number of carbonyl (C=O) groups excluding carboxylic acids is 2. The van der Waals surface area contributed by atoms with E-state index < -0.39 is 0 Å². The van der Waals surface area contributed by atoms with Gasteiger partial charge in [-0.1, -0.05) is 50.6 Å². The average Bonchev–Trinajstić information content (AvgIpc) is 3.58. The van der Waals surface area contributed by atoms with E-state index in [9.17, 15) is 9.59 Å². The summed E-state index contributed by atoms with van der Waals surface area (Å²) in [4.78, 5) is 30.8. The molecule has 1 saturated heterocycles. The first-order valence-electron chi connectivity index (χ1n) is 13.4. The monoisotopic (exact) mass is 582 g/mol. The molecular formula is C30H35ClN4O4S. The summed E-state index contributed by atoms with van der Waals surface area (Å²) in [6.45, 7) is 7.70. The highest BCUT2D eigenvalue weighted by atomic mass is 35.5. The number of nitrogens with zero attached hydrogens (tertiary/aromatic N) is 4. The number of halogens is 1. The molecule has 0 spiro atoms.